The van der Waals surface area contributed by atoms with E-state index in [2.05, 4.69) is 9.97 Å². The van der Waals surface area contributed by atoms with Crippen molar-refractivity contribution in [2.24, 2.45) is 0 Å². The molecule has 0 bridgehead atoms. The van der Waals surface area contributed by atoms with Crippen LogP contribution >= 0.6 is 11.6 Å². The van der Waals surface area contributed by atoms with Crippen molar-refractivity contribution in [1.82, 2.24) is 9.97 Å². The quantitative estimate of drug-likeness (QED) is 0.776. The molecule has 2 rings (SSSR count). The number of halogens is 2. The normalized spacial score (nSPS) is 10.4. The summed E-state index contributed by atoms with van der Waals surface area (Å²) in [5, 5.41) is 0.108. The number of hydrogen-bond acceptors (Lipinski definition) is 3. The Labute approximate surface area is 97.1 Å². The lowest BCUT2D eigenvalue weighted by Crippen LogP contribution is -1.94. The summed E-state index contributed by atoms with van der Waals surface area (Å²) in [6.45, 7) is 1.82. The average Bonchev–Trinajstić information content (AvgIpc) is 2.20. The van der Waals surface area contributed by atoms with Crippen LogP contribution in [-0.2, 0) is 0 Å². The molecule has 0 fully saturated rings. The fourth-order valence-corrected chi connectivity index (χ4v) is 1.66. The first-order valence-electron chi connectivity index (χ1n) is 4.62. The Morgan fingerprint density at radius 1 is 1.31 bits per heavy atom. The van der Waals surface area contributed by atoms with Crippen molar-refractivity contribution in [3.63, 3.8) is 0 Å². The van der Waals surface area contributed by atoms with Gasteiger partial charge in [0.05, 0.1) is 11.9 Å². The van der Waals surface area contributed by atoms with Gasteiger partial charge in [-0.25, -0.2) is 4.98 Å². The van der Waals surface area contributed by atoms with Crippen LogP contribution in [0.4, 0.5) is 10.1 Å². The summed E-state index contributed by atoms with van der Waals surface area (Å²) >= 11 is 5.69. The second kappa shape index (κ2) is 4.06. The first kappa shape index (κ1) is 10.8. The van der Waals surface area contributed by atoms with Crippen LogP contribution in [0.1, 0.15) is 5.69 Å². The highest BCUT2D eigenvalue weighted by Gasteiger charge is 2.07. The minimum Gasteiger partial charge on any atom is -0.397 e. The van der Waals surface area contributed by atoms with E-state index in [4.69, 9.17) is 17.3 Å². The van der Waals surface area contributed by atoms with E-state index in [-0.39, 0.29) is 5.15 Å². The Morgan fingerprint density at radius 3 is 2.75 bits per heavy atom. The van der Waals surface area contributed by atoms with Gasteiger partial charge in [-0.15, -0.1) is 0 Å². The molecule has 2 heterocycles. The molecule has 0 aliphatic carbocycles. The Bertz CT molecular complexity index is 522. The SMILES string of the molecule is Cc1ncc(N)cc1-c1cc(F)nc(Cl)c1. The third kappa shape index (κ3) is 2.12. The van der Waals surface area contributed by atoms with E-state index in [9.17, 15) is 4.39 Å². The maximum atomic E-state index is 13.1. The molecule has 2 aromatic rings. The van der Waals surface area contributed by atoms with Gasteiger partial charge in [0, 0.05) is 17.3 Å². The van der Waals surface area contributed by atoms with Crippen molar-refractivity contribution < 1.29 is 4.39 Å². The number of aromatic nitrogens is 2. The molecule has 0 saturated heterocycles. The molecular formula is C11H9ClFN3. The van der Waals surface area contributed by atoms with Crippen LogP contribution in [0.5, 0.6) is 0 Å². The summed E-state index contributed by atoms with van der Waals surface area (Å²) in [6, 6.07) is 4.61. The van der Waals surface area contributed by atoms with Gasteiger partial charge < -0.3 is 5.73 Å². The number of nitrogens with zero attached hydrogens (tertiary/aromatic N) is 2. The standard InChI is InChI=1S/C11H9ClFN3/c1-6-9(4-8(14)5-15-6)7-2-10(12)16-11(13)3-7/h2-5H,14H2,1H3. The van der Waals surface area contributed by atoms with E-state index in [1.54, 1.807) is 18.3 Å². The van der Waals surface area contributed by atoms with Gasteiger partial charge in [-0.3, -0.25) is 4.98 Å². The van der Waals surface area contributed by atoms with Crippen LogP contribution < -0.4 is 5.73 Å². The lowest BCUT2D eigenvalue weighted by Gasteiger charge is -2.06. The van der Waals surface area contributed by atoms with Crippen LogP contribution in [0.15, 0.2) is 24.4 Å². The first-order chi connectivity index (χ1) is 7.56. The topological polar surface area (TPSA) is 51.8 Å². The van der Waals surface area contributed by atoms with E-state index in [1.807, 2.05) is 6.92 Å². The number of anilines is 1. The van der Waals surface area contributed by atoms with Gasteiger partial charge in [-0.2, -0.15) is 4.39 Å². The highest BCUT2D eigenvalue weighted by atomic mass is 35.5. The van der Waals surface area contributed by atoms with Crippen molar-refractivity contribution in [3.8, 4) is 11.1 Å². The summed E-state index contributed by atoms with van der Waals surface area (Å²) in [5.41, 5.74) is 8.29. The van der Waals surface area contributed by atoms with Crippen molar-refractivity contribution in [1.29, 1.82) is 0 Å². The Hall–Kier alpha value is -1.68. The Balaban J connectivity index is 2.62. The van der Waals surface area contributed by atoms with Crippen molar-refractivity contribution >= 4 is 17.3 Å². The molecule has 0 aliphatic heterocycles. The molecule has 82 valence electrons. The Kier molecular flexibility index (Phi) is 2.75. The van der Waals surface area contributed by atoms with Gasteiger partial charge in [0.15, 0.2) is 0 Å². The molecule has 0 atom stereocenters. The van der Waals surface area contributed by atoms with Gasteiger partial charge in [0.1, 0.15) is 5.15 Å². The van der Waals surface area contributed by atoms with Gasteiger partial charge in [-0.1, -0.05) is 11.6 Å². The number of hydrogen-bond donors (Lipinski definition) is 1. The smallest absolute Gasteiger partial charge is 0.214 e. The van der Waals surface area contributed by atoms with E-state index in [1.165, 1.54) is 6.07 Å². The van der Waals surface area contributed by atoms with Crippen LogP contribution in [0.2, 0.25) is 5.15 Å². The molecule has 2 aromatic heterocycles. The minimum atomic E-state index is -0.621. The maximum Gasteiger partial charge on any atom is 0.214 e. The van der Waals surface area contributed by atoms with E-state index >= 15 is 0 Å². The van der Waals surface area contributed by atoms with E-state index in [0.717, 1.165) is 11.3 Å². The van der Waals surface area contributed by atoms with E-state index in [0.29, 0.717) is 11.3 Å². The molecule has 0 radical (unpaired) electrons. The highest BCUT2D eigenvalue weighted by molar-refractivity contribution is 6.29. The molecule has 0 amide bonds. The third-order valence-electron chi connectivity index (χ3n) is 2.18. The van der Waals surface area contributed by atoms with Gasteiger partial charge in [-0.05, 0) is 24.6 Å². The summed E-state index contributed by atoms with van der Waals surface area (Å²) in [6.07, 6.45) is 1.55. The minimum absolute atomic E-state index is 0.108. The lowest BCUT2D eigenvalue weighted by atomic mass is 10.1. The number of aryl methyl sites for hydroxylation is 1. The molecule has 0 aromatic carbocycles. The third-order valence-corrected chi connectivity index (χ3v) is 2.38. The summed E-state index contributed by atoms with van der Waals surface area (Å²) < 4.78 is 13.1. The predicted molar refractivity (Wildman–Crippen MR) is 61.6 cm³/mol. The van der Waals surface area contributed by atoms with Crippen LogP contribution in [0.3, 0.4) is 0 Å². The van der Waals surface area contributed by atoms with Gasteiger partial charge >= 0.3 is 0 Å². The van der Waals surface area contributed by atoms with Crippen molar-refractivity contribution in [2.45, 2.75) is 6.92 Å². The summed E-state index contributed by atoms with van der Waals surface area (Å²) in [4.78, 5) is 7.56. The zero-order chi connectivity index (χ0) is 11.7. The first-order valence-corrected chi connectivity index (χ1v) is 4.99. The molecule has 5 heteroatoms. The fourth-order valence-electron chi connectivity index (χ4n) is 1.46. The molecule has 0 saturated carbocycles. The molecule has 3 nitrogen and oxygen atoms in total. The molecule has 2 N–H and O–H groups in total. The second-order valence-corrected chi connectivity index (χ2v) is 3.79. The number of nitrogens with two attached hydrogens (primary N) is 1. The fraction of sp³-hybridized carbons (Fsp3) is 0.0909. The lowest BCUT2D eigenvalue weighted by molar-refractivity contribution is 0.584. The van der Waals surface area contributed by atoms with Crippen LogP contribution in [0.25, 0.3) is 11.1 Å². The van der Waals surface area contributed by atoms with Crippen LogP contribution in [-0.4, -0.2) is 9.97 Å². The summed E-state index contributed by atoms with van der Waals surface area (Å²) in [5.74, 6) is -0.621. The largest absolute Gasteiger partial charge is 0.397 e. The van der Waals surface area contributed by atoms with Gasteiger partial charge in [0.25, 0.3) is 0 Å². The van der Waals surface area contributed by atoms with E-state index < -0.39 is 5.95 Å². The molecule has 0 unspecified atom stereocenters. The van der Waals surface area contributed by atoms with Crippen molar-refractivity contribution in [2.75, 3.05) is 5.73 Å². The molecule has 0 spiro atoms. The maximum absolute atomic E-state index is 13.1. The predicted octanol–water partition coefficient (Wildman–Crippen LogP) is 2.83. The van der Waals surface area contributed by atoms with Gasteiger partial charge in [0.2, 0.25) is 5.95 Å². The number of pyridine rings is 2. The molecule has 16 heavy (non-hydrogen) atoms. The number of rotatable bonds is 1. The molecular weight excluding hydrogens is 229 g/mol. The Morgan fingerprint density at radius 2 is 2.06 bits per heavy atom. The summed E-state index contributed by atoms with van der Waals surface area (Å²) in [7, 11) is 0. The van der Waals surface area contributed by atoms with Crippen LogP contribution in [0, 0.1) is 12.9 Å². The van der Waals surface area contributed by atoms with Crippen molar-refractivity contribution in [3.05, 3.63) is 41.2 Å². The monoisotopic (exact) mass is 237 g/mol. The zero-order valence-electron chi connectivity index (χ0n) is 8.54. The number of nitrogen functional groups attached to an aromatic ring is 1. The molecule has 0 aliphatic rings. The second-order valence-electron chi connectivity index (χ2n) is 3.40. The zero-order valence-corrected chi connectivity index (χ0v) is 9.29. The highest BCUT2D eigenvalue weighted by Crippen LogP contribution is 2.26. The average molecular weight is 238 g/mol.